The van der Waals surface area contributed by atoms with Crippen molar-refractivity contribution in [3.63, 3.8) is 0 Å². The third-order valence-electron chi connectivity index (χ3n) is 8.15. The zero-order valence-corrected chi connectivity index (χ0v) is 25.1. The number of likely N-dealkylation sites (tertiary alicyclic amines) is 1. The topological polar surface area (TPSA) is 140 Å². The number of halogens is 2. The summed E-state index contributed by atoms with van der Waals surface area (Å²) in [5, 5.41) is 17.8. The predicted octanol–water partition coefficient (Wildman–Crippen LogP) is 4.24. The zero-order chi connectivity index (χ0) is 30.3. The van der Waals surface area contributed by atoms with E-state index >= 15 is 4.39 Å². The van der Waals surface area contributed by atoms with E-state index in [0.29, 0.717) is 53.9 Å². The average molecular weight is 608 g/mol. The van der Waals surface area contributed by atoms with E-state index in [-0.39, 0.29) is 28.4 Å². The maximum absolute atomic E-state index is 15.4. The number of hydrogen-bond acceptors (Lipinski definition) is 10. The van der Waals surface area contributed by atoms with E-state index in [9.17, 15) is 5.11 Å². The van der Waals surface area contributed by atoms with Crippen LogP contribution in [0.15, 0.2) is 36.8 Å². The Morgan fingerprint density at radius 3 is 2.74 bits per heavy atom. The molecule has 0 radical (unpaired) electrons. The lowest BCUT2D eigenvalue weighted by atomic mass is 9.62. The maximum atomic E-state index is 15.4. The fourth-order valence-electron chi connectivity index (χ4n) is 6.19. The number of aryl methyl sites for hydroxylation is 2. The largest absolute Gasteiger partial charge is 0.477 e. The van der Waals surface area contributed by atoms with Gasteiger partial charge in [-0.15, -0.1) is 0 Å². The molecule has 1 saturated heterocycles. The number of nitrogens with zero attached hydrogens (tertiary/aromatic N) is 7. The quantitative estimate of drug-likeness (QED) is 0.224. The Bertz CT molecular complexity index is 1630. The molecule has 226 valence electrons. The second-order valence-electron chi connectivity index (χ2n) is 11.8. The van der Waals surface area contributed by atoms with Crippen molar-refractivity contribution >= 4 is 23.1 Å². The van der Waals surface area contributed by atoms with Crippen molar-refractivity contribution in [2.75, 3.05) is 30.7 Å². The summed E-state index contributed by atoms with van der Waals surface area (Å²) >= 11 is 6.23. The lowest BCUT2D eigenvalue weighted by Crippen LogP contribution is -2.63. The molecule has 0 unspecified atom stereocenters. The number of rotatable bonds is 10. The molecular weight excluding hydrogens is 573 g/mol. The molecule has 4 N–H and O–H groups in total. The van der Waals surface area contributed by atoms with Crippen LogP contribution >= 0.6 is 11.6 Å². The van der Waals surface area contributed by atoms with Crippen molar-refractivity contribution in [1.29, 1.82) is 0 Å². The molecule has 13 heteroatoms. The number of ether oxygens (including phenoxy) is 1. The number of anilines is 2. The Labute approximate surface area is 254 Å². The Kier molecular flexibility index (Phi) is 7.92. The first kappa shape index (κ1) is 29.2. The molecule has 6 rings (SSSR count). The van der Waals surface area contributed by atoms with Crippen LogP contribution in [0.3, 0.4) is 0 Å². The second-order valence-corrected chi connectivity index (χ2v) is 12.2. The molecular formula is C30H35ClFN9O2. The van der Waals surface area contributed by atoms with Gasteiger partial charge in [-0.3, -0.25) is 9.88 Å². The molecule has 1 saturated carbocycles. The number of aromatic nitrogens is 6. The van der Waals surface area contributed by atoms with E-state index in [0.717, 1.165) is 37.2 Å². The monoisotopic (exact) mass is 607 g/mol. The zero-order valence-electron chi connectivity index (χ0n) is 24.4. The molecule has 1 aliphatic heterocycles. The fraction of sp³-hybridized carbons (Fsp3) is 0.433. The average Bonchev–Trinajstić information content (AvgIpc) is 3.19. The molecule has 2 aliphatic rings. The van der Waals surface area contributed by atoms with Crippen LogP contribution in [0.25, 0.3) is 22.6 Å². The number of nitrogens with one attached hydrogen (secondary N) is 1. The van der Waals surface area contributed by atoms with Gasteiger partial charge in [-0.05, 0) is 50.5 Å². The van der Waals surface area contributed by atoms with E-state index in [1.807, 2.05) is 13.8 Å². The molecule has 43 heavy (non-hydrogen) atoms. The van der Waals surface area contributed by atoms with Crippen LogP contribution in [0.1, 0.15) is 37.4 Å². The third-order valence-corrected chi connectivity index (χ3v) is 8.35. The summed E-state index contributed by atoms with van der Waals surface area (Å²) in [4.78, 5) is 19.6. The number of aliphatic hydroxyl groups excluding tert-OH is 1. The summed E-state index contributed by atoms with van der Waals surface area (Å²) in [7, 11) is 1.80. The van der Waals surface area contributed by atoms with E-state index in [1.165, 1.54) is 12.3 Å². The number of hydrogen-bond donors (Lipinski definition) is 3. The number of nitrogen functional groups attached to an aromatic ring is 1. The van der Waals surface area contributed by atoms with Crippen molar-refractivity contribution in [3.8, 4) is 28.5 Å². The lowest BCUT2D eigenvalue weighted by molar-refractivity contribution is -0.131. The van der Waals surface area contributed by atoms with Gasteiger partial charge in [0, 0.05) is 74.4 Å². The van der Waals surface area contributed by atoms with Crippen LogP contribution < -0.4 is 15.8 Å². The van der Waals surface area contributed by atoms with Crippen LogP contribution in [-0.4, -0.2) is 71.6 Å². The highest BCUT2D eigenvalue weighted by molar-refractivity contribution is 6.29. The van der Waals surface area contributed by atoms with Gasteiger partial charge in [-0.25, -0.2) is 24.0 Å². The van der Waals surface area contributed by atoms with Gasteiger partial charge in [0.05, 0.1) is 18.4 Å². The highest BCUT2D eigenvalue weighted by Gasteiger charge is 2.51. The van der Waals surface area contributed by atoms with Gasteiger partial charge >= 0.3 is 0 Å². The summed E-state index contributed by atoms with van der Waals surface area (Å²) in [6, 6.07) is 4.78. The first-order chi connectivity index (χ1) is 20.6. The predicted molar refractivity (Wildman–Crippen MR) is 162 cm³/mol. The van der Waals surface area contributed by atoms with Gasteiger partial charge in [0.25, 0.3) is 0 Å². The van der Waals surface area contributed by atoms with Crippen molar-refractivity contribution in [2.24, 2.45) is 12.5 Å². The van der Waals surface area contributed by atoms with E-state index in [4.69, 9.17) is 22.1 Å². The van der Waals surface area contributed by atoms with Crippen LogP contribution in [0.2, 0.25) is 5.15 Å². The molecule has 4 aromatic heterocycles. The molecule has 0 amide bonds. The van der Waals surface area contributed by atoms with Gasteiger partial charge in [0.15, 0.2) is 5.82 Å². The Morgan fingerprint density at radius 2 is 2.02 bits per heavy atom. The van der Waals surface area contributed by atoms with E-state index < -0.39 is 5.82 Å². The smallest absolute Gasteiger partial charge is 0.223 e. The minimum absolute atomic E-state index is 0.0651. The van der Waals surface area contributed by atoms with Crippen molar-refractivity contribution in [3.05, 3.63) is 59.0 Å². The molecule has 5 heterocycles. The first-order valence-electron chi connectivity index (χ1n) is 14.3. The van der Waals surface area contributed by atoms with Gasteiger partial charge in [0.1, 0.15) is 28.0 Å². The van der Waals surface area contributed by atoms with Gasteiger partial charge in [-0.1, -0.05) is 11.6 Å². The highest BCUT2D eigenvalue weighted by atomic mass is 35.5. The SMILES string of the molecule is Cc1nn(C)c(OCC[C@H](C)Nc2cc(Cl)ncc2-c2ncc(CN3CC4(CC(O)C4)C3)cc2F)c1-c1nccc(N)n1. The minimum Gasteiger partial charge on any atom is -0.477 e. The molecule has 1 spiro atoms. The molecule has 1 aliphatic carbocycles. The fourth-order valence-corrected chi connectivity index (χ4v) is 6.35. The van der Waals surface area contributed by atoms with Crippen LogP contribution in [0, 0.1) is 18.2 Å². The van der Waals surface area contributed by atoms with E-state index in [2.05, 4.69) is 35.3 Å². The standard InChI is InChI=1S/C30H35ClFN9O2/c1-17(5-7-43-29-26(18(2)39-40(29)3)28-34-6-4-25(33)38-28)37-23-9-24(31)35-13-21(23)27-22(32)8-19(12-36-27)14-41-15-30(16-41)10-20(42)11-30/h4,6,8-9,12-13,17,20,42H,5,7,10-11,14-16H2,1-3H3,(H,35,37)(H2,33,34,38)/t17-/m0/s1. The van der Waals surface area contributed by atoms with Crippen molar-refractivity contribution in [1.82, 2.24) is 34.6 Å². The number of aliphatic hydroxyl groups is 1. The van der Waals surface area contributed by atoms with Gasteiger partial charge < -0.3 is 20.9 Å². The Balaban J connectivity index is 1.10. The highest BCUT2D eigenvalue weighted by Crippen LogP contribution is 2.48. The summed E-state index contributed by atoms with van der Waals surface area (Å²) < 4.78 is 23.2. The number of nitrogens with two attached hydrogens (primary N) is 1. The molecule has 0 aromatic carbocycles. The van der Waals surface area contributed by atoms with E-state index in [1.54, 1.807) is 36.3 Å². The maximum Gasteiger partial charge on any atom is 0.223 e. The first-order valence-corrected chi connectivity index (χ1v) is 14.7. The summed E-state index contributed by atoms with van der Waals surface area (Å²) in [5.74, 6) is 0.949. The second kappa shape index (κ2) is 11.7. The molecule has 0 bridgehead atoms. The summed E-state index contributed by atoms with van der Waals surface area (Å²) in [6.07, 6.45) is 7.03. The van der Waals surface area contributed by atoms with Crippen LogP contribution in [0.5, 0.6) is 5.88 Å². The normalized spacial score (nSPS) is 17.0. The third kappa shape index (κ3) is 6.13. The van der Waals surface area contributed by atoms with Gasteiger partial charge in [-0.2, -0.15) is 5.10 Å². The Hall–Kier alpha value is -3.87. The molecule has 11 nitrogen and oxygen atoms in total. The summed E-state index contributed by atoms with van der Waals surface area (Å²) in [6.45, 7) is 6.74. The van der Waals surface area contributed by atoms with Gasteiger partial charge in [0.2, 0.25) is 5.88 Å². The van der Waals surface area contributed by atoms with Crippen LogP contribution in [0.4, 0.5) is 15.9 Å². The molecule has 2 fully saturated rings. The van der Waals surface area contributed by atoms with Crippen LogP contribution in [-0.2, 0) is 13.6 Å². The molecule has 1 atom stereocenters. The lowest BCUT2D eigenvalue weighted by Gasteiger charge is -2.58. The van der Waals surface area contributed by atoms with Crippen molar-refractivity contribution in [2.45, 2.75) is 51.8 Å². The minimum atomic E-state index is -0.419. The van der Waals surface area contributed by atoms with Crippen molar-refractivity contribution < 1.29 is 14.2 Å². The Morgan fingerprint density at radius 1 is 1.23 bits per heavy atom. The summed E-state index contributed by atoms with van der Waals surface area (Å²) in [5.41, 5.74) is 9.72. The number of pyridine rings is 2. The molecule has 4 aromatic rings.